The van der Waals surface area contributed by atoms with Gasteiger partial charge in [0, 0.05) is 29.3 Å². The average Bonchev–Trinajstić information content (AvgIpc) is 2.71. The Kier molecular flexibility index (Phi) is 6.84. The van der Waals surface area contributed by atoms with Gasteiger partial charge >= 0.3 is 0 Å². The maximum atomic E-state index is 12.4. The fourth-order valence-corrected chi connectivity index (χ4v) is 3.38. The van der Waals surface area contributed by atoms with Crippen molar-refractivity contribution in [3.05, 3.63) is 74.8 Å². The van der Waals surface area contributed by atoms with Crippen LogP contribution in [0.2, 0.25) is 0 Å². The quantitative estimate of drug-likeness (QED) is 0.411. The van der Waals surface area contributed by atoms with Gasteiger partial charge in [0.2, 0.25) is 5.91 Å². The van der Waals surface area contributed by atoms with Gasteiger partial charge in [-0.25, -0.2) is 0 Å². The normalized spacial score (nSPS) is 14.3. The zero-order valence-corrected chi connectivity index (χ0v) is 17.4. The molecule has 0 radical (unpaired) electrons. The molecule has 30 heavy (non-hydrogen) atoms. The fourth-order valence-electron chi connectivity index (χ4n) is 3.38. The van der Waals surface area contributed by atoms with Crippen LogP contribution in [0.3, 0.4) is 0 Å². The Labute approximate surface area is 175 Å². The van der Waals surface area contributed by atoms with Crippen LogP contribution in [0.4, 0.5) is 5.69 Å². The van der Waals surface area contributed by atoms with Crippen molar-refractivity contribution < 1.29 is 19.2 Å². The van der Waals surface area contributed by atoms with Gasteiger partial charge in [0.05, 0.1) is 17.6 Å². The van der Waals surface area contributed by atoms with E-state index >= 15 is 0 Å². The van der Waals surface area contributed by atoms with Crippen LogP contribution in [0.1, 0.15) is 49.1 Å². The van der Waals surface area contributed by atoms with Gasteiger partial charge in [-0.05, 0) is 36.5 Å². The summed E-state index contributed by atoms with van der Waals surface area (Å²) in [4.78, 5) is 23.1. The lowest BCUT2D eigenvalue weighted by molar-refractivity contribution is -0.385. The molecule has 0 aromatic heterocycles. The molecule has 0 saturated carbocycles. The third kappa shape index (κ3) is 5.45. The van der Waals surface area contributed by atoms with E-state index in [2.05, 4.69) is 31.3 Å². The van der Waals surface area contributed by atoms with Crippen LogP contribution in [0, 0.1) is 16.0 Å². The first-order chi connectivity index (χ1) is 14.3. The number of hydrogen-bond acceptors (Lipinski definition) is 5. The maximum absolute atomic E-state index is 12.4. The first kappa shape index (κ1) is 21.5. The lowest BCUT2D eigenvalue weighted by atomic mass is 10.00. The van der Waals surface area contributed by atoms with Crippen molar-refractivity contribution in [1.29, 1.82) is 0 Å². The summed E-state index contributed by atoms with van der Waals surface area (Å²) in [6.45, 7) is 6.58. The second kappa shape index (κ2) is 9.54. The third-order valence-electron chi connectivity index (χ3n) is 4.83. The number of nitro groups is 1. The molecule has 2 aromatic carbocycles. The SMILES string of the molecule is CC(C)Cc1ccc([C@@H](C)NC(=O)/C=C/c2cc([N+](=O)[O-])cc3c2OCOC3)cc1. The maximum Gasteiger partial charge on any atom is 0.270 e. The van der Waals surface area contributed by atoms with Gasteiger partial charge in [-0.3, -0.25) is 14.9 Å². The van der Waals surface area contributed by atoms with Crippen LogP contribution >= 0.6 is 0 Å². The van der Waals surface area contributed by atoms with Gasteiger partial charge in [0.25, 0.3) is 5.69 Å². The summed E-state index contributed by atoms with van der Waals surface area (Å²) in [7, 11) is 0. The van der Waals surface area contributed by atoms with Gasteiger partial charge in [0.15, 0.2) is 6.79 Å². The summed E-state index contributed by atoms with van der Waals surface area (Å²) in [6, 6.07) is 10.9. The van der Waals surface area contributed by atoms with E-state index in [-0.39, 0.29) is 31.0 Å². The number of nitro benzene ring substituents is 1. The molecule has 1 atom stereocenters. The van der Waals surface area contributed by atoms with Crippen LogP contribution in [0.25, 0.3) is 6.08 Å². The molecule has 0 spiro atoms. The highest BCUT2D eigenvalue weighted by molar-refractivity contribution is 5.92. The van der Waals surface area contributed by atoms with Crippen molar-refractivity contribution >= 4 is 17.7 Å². The molecule has 1 heterocycles. The Morgan fingerprint density at radius 3 is 2.63 bits per heavy atom. The van der Waals surface area contributed by atoms with Crippen LogP contribution in [-0.4, -0.2) is 17.6 Å². The average molecular weight is 410 g/mol. The number of carbonyl (C=O) groups excluding carboxylic acids is 1. The van der Waals surface area contributed by atoms with E-state index < -0.39 is 4.92 Å². The molecule has 7 nitrogen and oxygen atoms in total. The molecule has 3 rings (SSSR count). The smallest absolute Gasteiger partial charge is 0.270 e. The van der Waals surface area contributed by atoms with E-state index in [0.29, 0.717) is 22.8 Å². The van der Waals surface area contributed by atoms with Gasteiger partial charge in [-0.2, -0.15) is 0 Å². The van der Waals surface area contributed by atoms with Crippen molar-refractivity contribution in [1.82, 2.24) is 5.32 Å². The summed E-state index contributed by atoms with van der Waals surface area (Å²) in [5, 5.41) is 14.1. The molecule has 0 bridgehead atoms. The Morgan fingerprint density at radius 2 is 1.97 bits per heavy atom. The minimum Gasteiger partial charge on any atom is -0.467 e. The number of benzene rings is 2. The van der Waals surface area contributed by atoms with Crippen molar-refractivity contribution in [2.75, 3.05) is 6.79 Å². The van der Waals surface area contributed by atoms with E-state index in [1.807, 2.05) is 19.1 Å². The summed E-state index contributed by atoms with van der Waals surface area (Å²) >= 11 is 0. The number of ether oxygens (including phenoxy) is 2. The molecule has 2 aromatic rings. The standard InChI is InChI=1S/C23H26N2O5/c1-15(2)10-17-4-6-18(7-5-17)16(3)24-22(26)9-8-19-11-21(25(27)28)12-20-13-29-14-30-23(19)20/h4-9,11-12,15-16H,10,13-14H2,1-3H3,(H,24,26)/b9-8+/t16-/m1/s1. The molecule has 158 valence electrons. The predicted molar refractivity (Wildman–Crippen MR) is 114 cm³/mol. The zero-order valence-electron chi connectivity index (χ0n) is 17.4. The van der Waals surface area contributed by atoms with E-state index in [4.69, 9.17) is 9.47 Å². The number of fused-ring (bicyclic) bond motifs is 1. The molecule has 1 aliphatic rings. The largest absolute Gasteiger partial charge is 0.467 e. The van der Waals surface area contributed by atoms with E-state index in [0.717, 1.165) is 12.0 Å². The van der Waals surface area contributed by atoms with Crippen molar-refractivity contribution in [3.63, 3.8) is 0 Å². The zero-order chi connectivity index (χ0) is 21.7. The van der Waals surface area contributed by atoms with Crippen molar-refractivity contribution in [3.8, 4) is 5.75 Å². The second-order valence-corrected chi connectivity index (χ2v) is 7.79. The second-order valence-electron chi connectivity index (χ2n) is 7.79. The number of amides is 1. The van der Waals surface area contributed by atoms with Crippen LogP contribution in [0.5, 0.6) is 5.75 Å². The summed E-state index contributed by atoms with van der Waals surface area (Å²) in [5.41, 5.74) is 3.27. The molecule has 7 heteroatoms. The molecule has 1 amide bonds. The van der Waals surface area contributed by atoms with Gasteiger partial charge in [-0.15, -0.1) is 0 Å². The van der Waals surface area contributed by atoms with Gasteiger partial charge in [0.1, 0.15) is 5.75 Å². The molecule has 0 saturated heterocycles. The molecule has 0 fully saturated rings. The lowest BCUT2D eigenvalue weighted by Gasteiger charge is -2.19. The Bertz CT molecular complexity index is 951. The van der Waals surface area contributed by atoms with E-state index in [1.165, 1.54) is 29.8 Å². The minimum atomic E-state index is -0.475. The summed E-state index contributed by atoms with van der Waals surface area (Å²) < 4.78 is 10.7. The Morgan fingerprint density at radius 1 is 1.23 bits per heavy atom. The van der Waals surface area contributed by atoms with Crippen LogP contribution < -0.4 is 10.1 Å². The molecule has 1 aliphatic heterocycles. The molecule has 0 unspecified atom stereocenters. The number of rotatable bonds is 7. The summed E-state index contributed by atoms with van der Waals surface area (Å²) in [6.07, 6.45) is 3.91. The van der Waals surface area contributed by atoms with Gasteiger partial charge in [-0.1, -0.05) is 38.1 Å². The van der Waals surface area contributed by atoms with E-state index in [1.54, 1.807) is 0 Å². The minimum absolute atomic E-state index is 0.0711. The fraction of sp³-hybridized carbons (Fsp3) is 0.348. The first-order valence-electron chi connectivity index (χ1n) is 9.92. The van der Waals surface area contributed by atoms with Crippen molar-refractivity contribution in [2.24, 2.45) is 5.92 Å². The lowest BCUT2D eigenvalue weighted by Crippen LogP contribution is -2.24. The number of carbonyl (C=O) groups is 1. The van der Waals surface area contributed by atoms with Gasteiger partial charge < -0.3 is 14.8 Å². The Hall–Kier alpha value is -3.19. The highest BCUT2D eigenvalue weighted by Gasteiger charge is 2.20. The third-order valence-corrected chi connectivity index (χ3v) is 4.83. The highest BCUT2D eigenvalue weighted by Crippen LogP contribution is 2.33. The topological polar surface area (TPSA) is 90.7 Å². The monoisotopic (exact) mass is 410 g/mol. The number of non-ortho nitro benzene ring substituents is 1. The number of nitrogens with zero attached hydrogens (tertiary/aromatic N) is 1. The first-order valence-corrected chi connectivity index (χ1v) is 9.92. The highest BCUT2D eigenvalue weighted by atomic mass is 16.7. The number of hydrogen-bond donors (Lipinski definition) is 1. The number of nitrogens with one attached hydrogen (secondary N) is 1. The predicted octanol–water partition coefficient (Wildman–Crippen LogP) is 4.55. The van der Waals surface area contributed by atoms with Crippen LogP contribution in [-0.2, 0) is 22.6 Å². The molecule has 0 aliphatic carbocycles. The molecule has 1 N–H and O–H groups in total. The summed E-state index contributed by atoms with van der Waals surface area (Å²) in [5.74, 6) is 0.805. The molecular weight excluding hydrogens is 384 g/mol. The molecular formula is C23H26N2O5. The van der Waals surface area contributed by atoms with Crippen molar-refractivity contribution in [2.45, 2.75) is 39.8 Å². The van der Waals surface area contributed by atoms with Crippen LogP contribution in [0.15, 0.2) is 42.5 Å². The van der Waals surface area contributed by atoms with E-state index in [9.17, 15) is 14.9 Å². The Balaban J connectivity index is 1.70.